The van der Waals surface area contributed by atoms with E-state index in [1.807, 2.05) is 0 Å². The molecule has 0 amide bonds. The summed E-state index contributed by atoms with van der Waals surface area (Å²) in [5, 5.41) is 0. The van der Waals surface area contributed by atoms with Crippen molar-refractivity contribution in [3.05, 3.63) is 0 Å². The molecule has 0 radical (unpaired) electrons. The van der Waals surface area contributed by atoms with E-state index in [2.05, 4.69) is 33.4 Å². The van der Waals surface area contributed by atoms with Gasteiger partial charge in [0.25, 0.3) is 0 Å². The molecule has 0 bridgehead atoms. The molecule has 0 aromatic heterocycles. The summed E-state index contributed by atoms with van der Waals surface area (Å²) in [6.45, 7) is 8.74. The summed E-state index contributed by atoms with van der Waals surface area (Å²) in [5.74, 6) is 0.761. The van der Waals surface area contributed by atoms with Crippen molar-refractivity contribution in [3.8, 4) is 0 Å². The van der Waals surface area contributed by atoms with Gasteiger partial charge in [0.2, 0.25) is 0 Å². The molecule has 0 fully saturated rings. The Hall–Kier alpha value is 0.447. The summed E-state index contributed by atoms with van der Waals surface area (Å²) in [5.41, 5.74) is 0. The lowest BCUT2D eigenvalue weighted by molar-refractivity contribution is 0.0577. The predicted molar refractivity (Wildman–Crippen MR) is 87.0 cm³/mol. The Morgan fingerprint density at radius 2 is 1.11 bits per heavy atom. The standard InChI is InChI=1S/C14H32O3SSi/c1-4-7-10-15-19(14-13-18,16-11-8-5-2)17-12-9-6-3/h18H,4-14H2,1-3H3. The van der Waals surface area contributed by atoms with Gasteiger partial charge in [-0.05, 0) is 25.0 Å². The summed E-state index contributed by atoms with van der Waals surface area (Å²) in [4.78, 5) is 0. The van der Waals surface area contributed by atoms with Crippen LogP contribution in [0.1, 0.15) is 59.3 Å². The fraction of sp³-hybridized carbons (Fsp3) is 1.00. The van der Waals surface area contributed by atoms with E-state index in [9.17, 15) is 0 Å². The van der Waals surface area contributed by atoms with E-state index >= 15 is 0 Å². The van der Waals surface area contributed by atoms with E-state index in [1.54, 1.807) is 0 Å². The van der Waals surface area contributed by atoms with E-state index < -0.39 is 8.80 Å². The first-order valence-electron chi connectivity index (χ1n) is 7.77. The summed E-state index contributed by atoms with van der Waals surface area (Å²) >= 11 is 4.34. The van der Waals surface area contributed by atoms with Crippen LogP contribution in [-0.4, -0.2) is 34.4 Å². The lowest BCUT2D eigenvalue weighted by atomic mass is 10.4. The number of thiol groups is 1. The first-order chi connectivity index (χ1) is 9.24. The average molecular weight is 309 g/mol. The highest BCUT2D eigenvalue weighted by Gasteiger charge is 2.40. The molecule has 0 saturated carbocycles. The zero-order chi connectivity index (χ0) is 14.4. The maximum absolute atomic E-state index is 6.05. The molecule has 0 rings (SSSR count). The molecule has 3 nitrogen and oxygen atoms in total. The first-order valence-corrected chi connectivity index (χ1v) is 10.3. The highest BCUT2D eigenvalue weighted by atomic mass is 32.1. The maximum atomic E-state index is 6.05. The molecule has 0 aliphatic heterocycles. The molecule has 0 aromatic carbocycles. The molecule has 0 spiro atoms. The van der Waals surface area contributed by atoms with E-state index in [0.29, 0.717) is 0 Å². The van der Waals surface area contributed by atoms with Crippen LogP contribution < -0.4 is 0 Å². The molecule has 0 aliphatic rings. The highest BCUT2D eigenvalue weighted by molar-refractivity contribution is 7.80. The van der Waals surface area contributed by atoms with Crippen LogP contribution in [0.2, 0.25) is 6.04 Å². The minimum absolute atomic E-state index is 0.745. The zero-order valence-electron chi connectivity index (χ0n) is 13.0. The average Bonchev–Trinajstić information content (AvgIpc) is 2.40. The Morgan fingerprint density at radius 1 is 0.737 bits per heavy atom. The Kier molecular flexibility index (Phi) is 13.7. The van der Waals surface area contributed by atoms with Gasteiger partial charge < -0.3 is 13.3 Å². The summed E-state index contributed by atoms with van der Waals surface area (Å²) in [6.07, 6.45) is 6.60. The van der Waals surface area contributed by atoms with Gasteiger partial charge in [-0.25, -0.2) is 0 Å². The van der Waals surface area contributed by atoms with E-state index in [1.165, 1.54) is 0 Å². The normalized spacial score (nSPS) is 12.0. The Morgan fingerprint density at radius 3 is 1.37 bits per heavy atom. The van der Waals surface area contributed by atoms with Gasteiger partial charge in [0.1, 0.15) is 0 Å². The molecular formula is C14H32O3SSi. The largest absolute Gasteiger partial charge is 0.501 e. The molecule has 19 heavy (non-hydrogen) atoms. The second kappa shape index (κ2) is 13.4. The SMILES string of the molecule is CCCCO[Si](CCS)(OCCCC)OCCCC. The smallest absolute Gasteiger partial charge is 0.373 e. The molecule has 0 aromatic rings. The molecule has 0 heterocycles. The van der Waals surface area contributed by atoms with Crippen molar-refractivity contribution in [2.24, 2.45) is 0 Å². The third kappa shape index (κ3) is 9.90. The number of hydrogen-bond acceptors (Lipinski definition) is 4. The van der Waals surface area contributed by atoms with Crippen molar-refractivity contribution in [2.45, 2.75) is 65.3 Å². The minimum atomic E-state index is -2.48. The van der Waals surface area contributed by atoms with Crippen molar-refractivity contribution in [1.29, 1.82) is 0 Å². The van der Waals surface area contributed by atoms with Gasteiger partial charge in [-0.2, -0.15) is 12.6 Å². The van der Waals surface area contributed by atoms with Crippen molar-refractivity contribution in [3.63, 3.8) is 0 Å². The van der Waals surface area contributed by atoms with Crippen molar-refractivity contribution < 1.29 is 13.3 Å². The van der Waals surface area contributed by atoms with Gasteiger partial charge in [-0.1, -0.05) is 40.0 Å². The van der Waals surface area contributed by atoms with Gasteiger partial charge in [0, 0.05) is 25.9 Å². The topological polar surface area (TPSA) is 27.7 Å². The van der Waals surface area contributed by atoms with Crippen LogP contribution in [0, 0.1) is 0 Å². The van der Waals surface area contributed by atoms with Crippen molar-refractivity contribution in [1.82, 2.24) is 0 Å². The molecule has 0 aliphatic carbocycles. The van der Waals surface area contributed by atoms with Gasteiger partial charge in [0.05, 0.1) is 0 Å². The fourth-order valence-electron chi connectivity index (χ4n) is 1.59. The van der Waals surface area contributed by atoms with Gasteiger partial charge in [-0.3, -0.25) is 0 Å². The first kappa shape index (κ1) is 19.4. The molecule has 0 N–H and O–H groups in total. The second-order valence-electron chi connectivity index (χ2n) is 4.76. The summed E-state index contributed by atoms with van der Waals surface area (Å²) in [6, 6.07) is 0.813. The molecule has 5 heteroatoms. The van der Waals surface area contributed by atoms with Crippen LogP contribution in [0.25, 0.3) is 0 Å². The molecule has 0 unspecified atom stereocenters. The quantitative estimate of drug-likeness (QED) is 0.294. The number of rotatable bonds is 14. The fourth-order valence-corrected chi connectivity index (χ4v) is 4.74. The van der Waals surface area contributed by atoms with Crippen molar-refractivity contribution in [2.75, 3.05) is 25.6 Å². The molecule has 0 saturated heterocycles. The molecule has 0 atom stereocenters. The zero-order valence-corrected chi connectivity index (χ0v) is 14.8. The van der Waals surface area contributed by atoms with Crippen LogP contribution in [0.4, 0.5) is 0 Å². The van der Waals surface area contributed by atoms with Gasteiger partial charge in [0.15, 0.2) is 0 Å². The Labute approximate surface area is 126 Å². The van der Waals surface area contributed by atoms with Gasteiger partial charge >= 0.3 is 8.80 Å². The third-order valence-electron chi connectivity index (χ3n) is 2.88. The van der Waals surface area contributed by atoms with Crippen LogP contribution in [0.5, 0.6) is 0 Å². The van der Waals surface area contributed by atoms with Crippen LogP contribution in [-0.2, 0) is 13.3 Å². The number of hydrogen-bond donors (Lipinski definition) is 1. The Balaban J connectivity index is 4.37. The number of unbranched alkanes of at least 4 members (excludes halogenated alkanes) is 3. The predicted octanol–water partition coefficient (Wildman–Crippen LogP) is 4.31. The Bertz CT molecular complexity index is 167. The minimum Gasteiger partial charge on any atom is -0.373 e. The maximum Gasteiger partial charge on any atom is 0.501 e. The summed E-state index contributed by atoms with van der Waals surface area (Å²) in [7, 11) is -2.48. The van der Waals surface area contributed by atoms with E-state index in [-0.39, 0.29) is 0 Å². The second-order valence-corrected chi connectivity index (χ2v) is 7.94. The van der Waals surface area contributed by atoms with Crippen molar-refractivity contribution >= 4 is 21.4 Å². The monoisotopic (exact) mass is 308 g/mol. The highest BCUT2D eigenvalue weighted by Crippen LogP contribution is 2.18. The summed E-state index contributed by atoms with van der Waals surface area (Å²) < 4.78 is 18.1. The molecular weight excluding hydrogens is 276 g/mol. The lowest BCUT2D eigenvalue weighted by Gasteiger charge is -2.29. The van der Waals surface area contributed by atoms with Crippen LogP contribution in [0.15, 0.2) is 0 Å². The van der Waals surface area contributed by atoms with Crippen LogP contribution >= 0.6 is 12.6 Å². The lowest BCUT2D eigenvalue weighted by Crippen LogP contribution is -2.47. The van der Waals surface area contributed by atoms with E-state index in [0.717, 1.165) is 70.1 Å². The van der Waals surface area contributed by atoms with Gasteiger partial charge in [-0.15, -0.1) is 0 Å². The third-order valence-corrected chi connectivity index (χ3v) is 6.32. The van der Waals surface area contributed by atoms with Crippen LogP contribution in [0.3, 0.4) is 0 Å². The van der Waals surface area contributed by atoms with E-state index in [4.69, 9.17) is 13.3 Å². The molecule has 116 valence electrons.